The molecule has 1 unspecified atom stereocenters. The molecule has 21 heavy (non-hydrogen) atoms. The molecule has 116 valence electrons. The Labute approximate surface area is 125 Å². The number of alkyl halides is 2. The third-order valence-electron chi connectivity index (χ3n) is 3.31. The molecule has 0 spiro atoms. The standard InChI is InChI=1S/C13H16ClF2N3O2/c1-17-12-7-4-8(14)10(5-9(7)18-13(12)21)19(2-3-20)6-11(15)16/h4-5,11-12,17,20H,2-3,6H2,1H3,(H,18,21). The van der Waals surface area contributed by atoms with Crippen LogP contribution in [0.2, 0.25) is 5.02 Å². The normalized spacial score (nSPS) is 17.0. The zero-order valence-corrected chi connectivity index (χ0v) is 12.1. The Hall–Kier alpha value is -1.44. The second kappa shape index (κ2) is 6.55. The molecular formula is C13H16ClF2N3O2. The number of carbonyl (C=O) groups is 1. The van der Waals surface area contributed by atoms with E-state index < -0.39 is 19.0 Å². The van der Waals surface area contributed by atoms with Gasteiger partial charge in [0.1, 0.15) is 6.04 Å². The van der Waals surface area contributed by atoms with Crippen LogP contribution in [0.15, 0.2) is 12.1 Å². The summed E-state index contributed by atoms with van der Waals surface area (Å²) in [6.07, 6.45) is -2.56. The highest BCUT2D eigenvalue weighted by Crippen LogP contribution is 2.38. The Balaban J connectivity index is 2.38. The minimum absolute atomic E-state index is 0.0340. The molecule has 1 aliphatic heterocycles. The van der Waals surface area contributed by atoms with Crippen LogP contribution in [0.1, 0.15) is 11.6 Å². The lowest BCUT2D eigenvalue weighted by Gasteiger charge is -2.25. The minimum atomic E-state index is -2.56. The van der Waals surface area contributed by atoms with E-state index in [1.54, 1.807) is 19.2 Å². The van der Waals surface area contributed by atoms with Crippen LogP contribution >= 0.6 is 11.6 Å². The molecule has 1 aliphatic rings. The maximum Gasteiger partial charge on any atom is 0.255 e. The third kappa shape index (κ3) is 3.25. The van der Waals surface area contributed by atoms with E-state index in [2.05, 4.69) is 10.6 Å². The van der Waals surface area contributed by atoms with Crippen molar-refractivity contribution in [3.8, 4) is 0 Å². The van der Waals surface area contributed by atoms with Crippen molar-refractivity contribution >= 4 is 28.9 Å². The zero-order chi connectivity index (χ0) is 15.6. The quantitative estimate of drug-likeness (QED) is 0.745. The van der Waals surface area contributed by atoms with Crippen molar-refractivity contribution in [2.45, 2.75) is 12.5 Å². The molecule has 0 fully saturated rings. The van der Waals surface area contributed by atoms with Gasteiger partial charge in [0.05, 0.1) is 23.9 Å². The number of fused-ring (bicyclic) bond motifs is 1. The van der Waals surface area contributed by atoms with Gasteiger partial charge in [0.2, 0.25) is 5.91 Å². The maximum atomic E-state index is 12.6. The molecule has 0 aromatic heterocycles. The molecule has 1 heterocycles. The van der Waals surface area contributed by atoms with Crippen LogP contribution in [0.25, 0.3) is 0 Å². The Morgan fingerprint density at radius 2 is 2.24 bits per heavy atom. The molecule has 0 saturated carbocycles. The predicted octanol–water partition coefficient (Wildman–Crippen LogP) is 1.62. The number of carbonyl (C=O) groups excluding carboxylic acids is 1. The summed E-state index contributed by atoms with van der Waals surface area (Å²) >= 11 is 6.16. The summed E-state index contributed by atoms with van der Waals surface area (Å²) in [4.78, 5) is 13.1. The Morgan fingerprint density at radius 3 is 2.81 bits per heavy atom. The van der Waals surface area contributed by atoms with Gasteiger partial charge < -0.3 is 20.6 Å². The van der Waals surface area contributed by atoms with Crippen molar-refractivity contribution in [3.05, 3.63) is 22.7 Å². The molecule has 0 aliphatic carbocycles. The van der Waals surface area contributed by atoms with E-state index in [9.17, 15) is 13.6 Å². The first-order chi connectivity index (χ1) is 9.97. The van der Waals surface area contributed by atoms with Gasteiger partial charge in [-0.3, -0.25) is 4.79 Å². The van der Waals surface area contributed by atoms with Gasteiger partial charge >= 0.3 is 0 Å². The number of benzene rings is 1. The van der Waals surface area contributed by atoms with Gasteiger partial charge in [-0.2, -0.15) is 0 Å². The molecule has 0 bridgehead atoms. The van der Waals surface area contributed by atoms with E-state index in [1.807, 2.05) is 0 Å². The summed E-state index contributed by atoms with van der Waals surface area (Å²) in [7, 11) is 1.65. The van der Waals surface area contributed by atoms with Crippen molar-refractivity contribution in [1.29, 1.82) is 0 Å². The number of halogens is 3. The average Bonchev–Trinajstić information content (AvgIpc) is 2.71. The number of nitrogens with zero attached hydrogens (tertiary/aromatic N) is 1. The van der Waals surface area contributed by atoms with E-state index in [-0.39, 0.29) is 24.1 Å². The fraction of sp³-hybridized carbons (Fsp3) is 0.462. The Bertz CT molecular complexity index is 542. The summed E-state index contributed by atoms with van der Waals surface area (Å²) in [5.41, 5.74) is 1.58. The van der Waals surface area contributed by atoms with E-state index in [0.717, 1.165) is 0 Å². The highest BCUT2D eigenvalue weighted by Gasteiger charge is 2.31. The smallest absolute Gasteiger partial charge is 0.255 e. The van der Waals surface area contributed by atoms with Crippen molar-refractivity contribution in [2.75, 3.05) is 37.0 Å². The summed E-state index contributed by atoms with van der Waals surface area (Å²) < 4.78 is 25.3. The predicted molar refractivity (Wildman–Crippen MR) is 77.2 cm³/mol. The number of rotatable bonds is 6. The SMILES string of the molecule is CNC1C(=O)Nc2cc(N(CCO)CC(F)F)c(Cl)cc21. The monoisotopic (exact) mass is 319 g/mol. The zero-order valence-electron chi connectivity index (χ0n) is 11.4. The molecule has 2 rings (SSSR count). The first kappa shape index (κ1) is 15.9. The van der Waals surface area contributed by atoms with E-state index in [1.165, 1.54) is 4.90 Å². The summed E-state index contributed by atoms with van der Waals surface area (Å²) in [6, 6.07) is 2.64. The van der Waals surface area contributed by atoms with Gasteiger partial charge in [-0.15, -0.1) is 0 Å². The average molecular weight is 320 g/mol. The summed E-state index contributed by atoms with van der Waals surface area (Å²) in [6.45, 7) is -0.777. The molecule has 1 aromatic carbocycles. The van der Waals surface area contributed by atoms with Gasteiger partial charge in [0.25, 0.3) is 6.43 Å². The molecule has 8 heteroatoms. The summed E-state index contributed by atoms with van der Waals surface area (Å²) in [5, 5.41) is 14.8. The number of nitrogens with one attached hydrogen (secondary N) is 2. The molecule has 0 radical (unpaired) electrons. The third-order valence-corrected chi connectivity index (χ3v) is 3.61. The topological polar surface area (TPSA) is 64.6 Å². The first-order valence-corrected chi connectivity index (χ1v) is 6.81. The van der Waals surface area contributed by atoms with Crippen LogP contribution in [-0.4, -0.2) is 44.2 Å². The molecule has 3 N–H and O–H groups in total. The largest absolute Gasteiger partial charge is 0.395 e. The van der Waals surface area contributed by atoms with Crippen LogP contribution in [-0.2, 0) is 4.79 Å². The molecule has 1 amide bonds. The van der Waals surface area contributed by atoms with Crippen LogP contribution < -0.4 is 15.5 Å². The van der Waals surface area contributed by atoms with Crippen LogP contribution in [0.4, 0.5) is 20.2 Å². The van der Waals surface area contributed by atoms with E-state index >= 15 is 0 Å². The van der Waals surface area contributed by atoms with Crippen molar-refractivity contribution in [3.63, 3.8) is 0 Å². The van der Waals surface area contributed by atoms with Gasteiger partial charge in [-0.05, 0) is 19.2 Å². The van der Waals surface area contributed by atoms with E-state index in [0.29, 0.717) is 16.9 Å². The minimum Gasteiger partial charge on any atom is -0.395 e. The molecule has 1 atom stereocenters. The number of hydrogen-bond acceptors (Lipinski definition) is 4. The number of likely N-dealkylation sites (N-methyl/N-ethyl adjacent to an activating group) is 1. The van der Waals surface area contributed by atoms with Gasteiger partial charge in [-0.1, -0.05) is 11.6 Å². The summed E-state index contributed by atoms with van der Waals surface area (Å²) in [5.74, 6) is -0.219. The van der Waals surface area contributed by atoms with Crippen LogP contribution in [0, 0.1) is 0 Å². The van der Waals surface area contributed by atoms with Gasteiger partial charge in [0.15, 0.2) is 0 Å². The molecular weight excluding hydrogens is 304 g/mol. The lowest BCUT2D eigenvalue weighted by molar-refractivity contribution is -0.117. The number of aliphatic hydroxyl groups excluding tert-OH is 1. The van der Waals surface area contributed by atoms with E-state index in [4.69, 9.17) is 16.7 Å². The highest BCUT2D eigenvalue weighted by atomic mass is 35.5. The number of aliphatic hydroxyl groups is 1. The van der Waals surface area contributed by atoms with Crippen molar-refractivity contribution in [2.24, 2.45) is 0 Å². The Morgan fingerprint density at radius 1 is 1.52 bits per heavy atom. The van der Waals surface area contributed by atoms with Crippen molar-refractivity contribution < 1.29 is 18.7 Å². The fourth-order valence-electron chi connectivity index (χ4n) is 2.40. The van der Waals surface area contributed by atoms with Crippen LogP contribution in [0.3, 0.4) is 0 Å². The van der Waals surface area contributed by atoms with Gasteiger partial charge in [0, 0.05) is 17.8 Å². The maximum absolute atomic E-state index is 12.6. The van der Waals surface area contributed by atoms with Crippen LogP contribution in [0.5, 0.6) is 0 Å². The highest BCUT2D eigenvalue weighted by molar-refractivity contribution is 6.33. The second-order valence-electron chi connectivity index (χ2n) is 4.66. The first-order valence-electron chi connectivity index (χ1n) is 6.43. The number of anilines is 2. The molecule has 1 aromatic rings. The lowest BCUT2D eigenvalue weighted by Crippen LogP contribution is -2.31. The second-order valence-corrected chi connectivity index (χ2v) is 5.07. The lowest BCUT2D eigenvalue weighted by atomic mass is 10.1. The molecule has 5 nitrogen and oxygen atoms in total. The molecule has 0 saturated heterocycles. The number of hydrogen-bond donors (Lipinski definition) is 3. The fourth-order valence-corrected chi connectivity index (χ4v) is 2.69. The Kier molecular flexibility index (Phi) is 4.97. The van der Waals surface area contributed by atoms with Crippen molar-refractivity contribution in [1.82, 2.24) is 5.32 Å². The number of amides is 1. The van der Waals surface area contributed by atoms with Gasteiger partial charge in [-0.25, -0.2) is 8.78 Å².